The molecule has 2 N–H and O–H groups in total. The number of nitrogens with zero attached hydrogens (tertiary/aromatic N) is 1. The third-order valence-corrected chi connectivity index (χ3v) is 6.03. The summed E-state index contributed by atoms with van der Waals surface area (Å²) < 4.78 is 32.8. The summed E-state index contributed by atoms with van der Waals surface area (Å²) in [5.74, 6) is 0. The Kier molecular flexibility index (Phi) is 4.20. The molecule has 1 aliphatic rings. The van der Waals surface area contributed by atoms with E-state index in [9.17, 15) is 8.42 Å². The predicted octanol–water partition coefficient (Wildman–Crippen LogP) is 1.75. The van der Waals surface area contributed by atoms with Crippen LogP contribution in [0.25, 0.3) is 0 Å². The van der Waals surface area contributed by atoms with Crippen molar-refractivity contribution >= 4 is 31.6 Å². The number of nitrogen functional groups attached to an aromatic ring is 1. The Morgan fingerprint density at radius 3 is 2.79 bits per heavy atom. The number of hydrogen-bond acceptors (Lipinski definition) is 4. The second kappa shape index (κ2) is 5.40. The molecule has 0 radical (unpaired) electrons. The van der Waals surface area contributed by atoms with E-state index in [1.807, 2.05) is 6.92 Å². The molecular weight excluding hydrogens is 332 g/mol. The lowest BCUT2D eigenvalue weighted by Crippen LogP contribution is -2.47. The predicted molar refractivity (Wildman–Crippen MR) is 77.5 cm³/mol. The van der Waals surface area contributed by atoms with Gasteiger partial charge in [0.25, 0.3) is 0 Å². The Morgan fingerprint density at radius 2 is 2.16 bits per heavy atom. The number of sulfonamides is 1. The minimum Gasteiger partial charge on any atom is -0.398 e. The monoisotopic (exact) mass is 348 g/mol. The normalized spacial score (nSPS) is 21.5. The molecule has 1 aromatic rings. The van der Waals surface area contributed by atoms with Gasteiger partial charge in [0, 0.05) is 22.7 Å². The fraction of sp³-hybridized carbons (Fsp3) is 0.500. The van der Waals surface area contributed by atoms with Crippen LogP contribution in [0.2, 0.25) is 0 Å². The molecule has 0 bridgehead atoms. The van der Waals surface area contributed by atoms with E-state index in [4.69, 9.17) is 10.5 Å². The number of aryl methyl sites for hydroxylation is 1. The van der Waals surface area contributed by atoms with E-state index in [0.717, 1.165) is 0 Å². The van der Waals surface area contributed by atoms with Gasteiger partial charge in [-0.25, -0.2) is 8.42 Å². The Hall–Kier alpha value is -0.630. The summed E-state index contributed by atoms with van der Waals surface area (Å²) in [7, 11) is -3.53. The van der Waals surface area contributed by atoms with Crippen LogP contribution in [-0.4, -0.2) is 38.5 Å². The molecule has 1 aromatic carbocycles. The molecule has 0 spiro atoms. The summed E-state index contributed by atoms with van der Waals surface area (Å²) in [6.07, 6.45) is 0. The lowest BCUT2D eigenvalue weighted by Gasteiger charge is -2.32. The molecule has 5 nitrogen and oxygen atoms in total. The second-order valence-electron chi connectivity index (χ2n) is 4.68. The molecule has 0 aromatic heterocycles. The van der Waals surface area contributed by atoms with Gasteiger partial charge >= 0.3 is 0 Å². The molecule has 1 atom stereocenters. The second-order valence-corrected chi connectivity index (χ2v) is 7.39. The van der Waals surface area contributed by atoms with Crippen molar-refractivity contribution in [1.82, 2.24) is 4.31 Å². The fourth-order valence-electron chi connectivity index (χ4n) is 2.14. The largest absolute Gasteiger partial charge is 0.398 e. The lowest BCUT2D eigenvalue weighted by molar-refractivity contribution is 0.0392. The van der Waals surface area contributed by atoms with Crippen molar-refractivity contribution in [3.05, 3.63) is 22.2 Å². The molecule has 2 rings (SSSR count). The van der Waals surface area contributed by atoms with Crippen molar-refractivity contribution in [3.8, 4) is 0 Å². The van der Waals surface area contributed by atoms with Crippen LogP contribution in [-0.2, 0) is 14.8 Å². The molecule has 1 unspecified atom stereocenters. The van der Waals surface area contributed by atoms with Crippen LogP contribution in [0.15, 0.2) is 21.5 Å². The zero-order chi connectivity index (χ0) is 14.2. The first-order chi connectivity index (χ1) is 8.84. The van der Waals surface area contributed by atoms with Crippen LogP contribution < -0.4 is 5.73 Å². The Labute approximate surface area is 121 Å². The number of hydrogen-bond donors (Lipinski definition) is 1. The number of halogens is 1. The highest BCUT2D eigenvalue weighted by molar-refractivity contribution is 9.10. The molecule has 1 aliphatic heterocycles. The molecule has 19 heavy (non-hydrogen) atoms. The fourth-order valence-corrected chi connectivity index (χ4v) is 4.44. The van der Waals surface area contributed by atoms with Crippen molar-refractivity contribution < 1.29 is 13.2 Å². The van der Waals surface area contributed by atoms with Gasteiger partial charge in [0.2, 0.25) is 10.0 Å². The van der Waals surface area contributed by atoms with Crippen molar-refractivity contribution in [2.45, 2.75) is 24.8 Å². The molecule has 7 heteroatoms. The Balaban J connectivity index is 2.47. The van der Waals surface area contributed by atoms with E-state index in [1.54, 1.807) is 13.0 Å². The number of nitrogens with two attached hydrogens (primary N) is 1. The van der Waals surface area contributed by atoms with Crippen LogP contribution in [0.5, 0.6) is 0 Å². The van der Waals surface area contributed by atoms with Crippen molar-refractivity contribution in [2.75, 3.05) is 25.5 Å². The van der Waals surface area contributed by atoms with Gasteiger partial charge in [-0.05, 0) is 47.5 Å². The summed E-state index contributed by atoms with van der Waals surface area (Å²) in [4.78, 5) is 0.266. The quantitative estimate of drug-likeness (QED) is 0.826. The average molecular weight is 349 g/mol. The molecule has 0 saturated carbocycles. The van der Waals surface area contributed by atoms with Gasteiger partial charge in [0.1, 0.15) is 0 Å². The maximum absolute atomic E-state index is 12.7. The molecular formula is C12H17BrN2O3S. The number of morpholine rings is 1. The third kappa shape index (κ3) is 2.79. The zero-order valence-corrected chi connectivity index (χ0v) is 13.3. The van der Waals surface area contributed by atoms with Gasteiger partial charge in [-0.2, -0.15) is 4.31 Å². The van der Waals surface area contributed by atoms with Crippen LogP contribution in [0.4, 0.5) is 5.69 Å². The number of rotatable bonds is 2. The average Bonchev–Trinajstić information content (AvgIpc) is 2.34. The van der Waals surface area contributed by atoms with E-state index in [1.165, 1.54) is 10.4 Å². The van der Waals surface area contributed by atoms with Gasteiger partial charge in [0.05, 0.1) is 18.1 Å². The maximum Gasteiger partial charge on any atom is 0.243 e. The van der Waals surface area contributed by atoms with Crippen molar-refractivity contribution in [1.29, 1.82) is 0 Å². The SMILES string of the molecule is Cc1cc(Br)c(N)cc1S(=O)(=O)N1CCOCC1C. The van der Waals surface area contributed by atoms with E-state index < -0.39 is 10.0 Å². The number of anilines is 1. The number of ether oxygens (including phenoxy) is 1. The van der Waals surface area contributed by atoms with Crippen LogP contribution in [0, 0.1) is 6.92 Å². The highest BCUT2D eigenvalue weighted by atomic mass is 79.9. The van der Waals surface area contributed by atoms with Crippen molar-refractivity contribution in [3.63, 3.8) is 0 Å². The van der Waals surface area contributed by atoms with Crippen LogP contribution >= 0.6 is 15.9 Å². The zero-order valence-electron chi connectivity index (χ0n) is 10.9. The molecule has 0 aliphatic carbocycles. The topological polar surface area (TPSA) is 72.6 Å². The van der Waals surface area contributed by atoms with Crippen LogP contribution in [0.1, 0.15) is 12.5 Å². The first-order valence-electron chi connectivity index (χ1n) is 5.99. The molecule has 1 heterocycles. The minimum absolute atomic E-state index is 0.164. The van der Waals surface area contributed by atoms with Gasteiger partial charge in [-0.3, -0.25) is 0 Å². The summed E-state index contributed by atoms with van der Waals surface area (Å²) >= 11 is 3.30. The number of benzene rings is 1. The van der Waals surface area contributed by atoms with Gasteiger partial charge < -0.3 is 10.5 Å². The van der Waals surface area contributed by atoms with Gasteiger partial charge in [-0.1, -0.05) is 0 Å². The Morgan fingerprint density at radius 1 is 1.47 bits per heavy atom. The smallest absolute Gasteiger partial charge is 0.243 e. The lowest BCUT2D eigenvalue weighted by atomic mass is 10.2. The summed E-state index contributed by atoms with van der Waals surface area (Å²) in [5, 5.41) is 0. The highest BCUT2D eigenvalue weighted by Crippen LogP contribution is 2.29. The van der Waals surface area contributed by atoms with E-state index >= 15 is 0 Å². The van der Waals surface area contributed by atoms with Gasteiger partial charge in [0.15, 0.2) is 0 Å². The van der Waals surface area contributed by atoms with E-state index in [-0.39, 0.29) is 10.9 Å². The summed E-state index contributed by atoms with van der Waals surface area (Å²) in [6, 6.07) is 3.08. The first kappa shape index (κ1) is 14.8. The summed E-state index contributed by atoms with van der Waals surface area (Å²) in [5.41, 5.74) is 6.90. The van der Waals surface area contributed by atoms with Gasteiger partial charge in [-0.15, -0.1) is 0 Å². The standard InChI is InChI=1S/C12H17BrN2O3S/c1-8-5-10(13)11(14)6-12(8)19(16,17)15-3-4-18-7-9(15)2/h5-6,9H,3-4,7,14H2,1-2H3. The molecule has 1 saturated heterocycles. The molecule has 1 fully saturated rings. The van der Waals surface area contributed by atoms with Crippen molar-refractivity contribution in [2.24, 2.45) is 0 Å². The molecule has 106 valence electrons. The molecule has 0 amide bonds. The van der Waals surface area contributed by atoms with E-state index in [2.05, 4.69) is 15.9 Å². The first-order valence-corrected chi connectivity index (χ1v) is 8.22. The third-order valence-electron chi connectivity index (χ3n) is 3.19. The Bertz CT molecular complexity index is 589. The minimum atomic E-state index is -3.53. The maximum atomic E-state index is 12.7. The highest BCUT2D eigenvalue weighted by Gasteiger charge is 2.32. The summed E-state index contributed by atoms with van der Waals surface area (Å²) in [6.45, 7) is 4.83. The van der Waals surface area contributed by atoms with E-state index in [0.29, 0.717) is 35.5 Å². The van der Waals surface area contributed by atoms with Crippen LogP contribution in [0.3, 0.4) is 0 Å².